The molecule has 1 amide bonds. The molecule has 0 radical (unpaired) electrons. The number of benzene rings is 2. The van der Waals surface area contributed by atoms with Gasteiger partial charge in [-0.15, -0.1) is 11.3 Å². The minimum absolute atomic E-state index is 0.202. The van der Waals surface area contributed by atoms with Crippen molar-refractivity contribution in [2.45, 2.75) is 25.3 Å². The zero-order valence-electron chi connectivity index (χ0n) is 17.0. The normalized spacial score (nSPS) is 12.2. The molecule has 0 saturated carbocycles. The van der Waals surface area contributed by atoms with Gasteiger partial charge in [0.15, 0.2) is 0 Å². The highest BCUT2D eigenvalue weighted by Crippen LogP contribution is 2.18. The Balaban J connectivity index is 1.64. The van der Waals surface area contributed by atoms with Crippen molar-refractivity contribution < 1.29 is 13.2 Å². The number of amides is 1. The second-order valence-corrected chi connectivity index (χ2v) is 9.88. The molecular formula is C22H23N3O3S2. The number of thiophene rings is 1. The summed E-state index contributed by atoms with van der Waals surface area (Å²) in [4.78, 5) is 13.5. The van der Waals surface area contributed by atoms with E-state index in [-0.39, 0.29) is 17.3 Å². The fourth-order valence-electron chi connectivity index (χ4n) is 2.73. The molecule has 8 heteroatoms. The predicted molar refractivity (Wildman–Crippen MR) is 120 cm³/mol. The van der Waals surface area contributed by atoms with Crippen LogP contribution in [0.2, 0.25) is 0 Å². The number of carbonyl (C=O) groups excluding carboxylic acids is 1. The summed E-state index contributed by atoms with van der Waals surface area (Å²) < 4.78 is 26.7. The SMILES string of the molecule is CC(=NNC(=O)c1ccc(CN(C)S(=O)(=O)c2ccc(C)cc2)cc1)c1cccs1. The lowest BCUT2D eigenvalue weighted by Crippen LogP contribution is -2.26. The molecule has 0 aliphatic rings. The van der Waals surface area contributed by atoms with Gasteiger partial charge < -0.3 is 0 Å². The Hall–Kier alpha value is -2.81. The van der Waals surface area contributed by atoms with Crippen molar-refractivity contribution in [3.8, 4) is 0 Å². The summed E-state index contributed by atoms with van der Waals surface area (Å²) in [5.41, 5.74) is 5.51. The van der Waals surface area contributed by atoms with Crippen LogP contribution in [0.4, 0.5) is 0 Å². The predicted octanol–water partition coefficient (Wildman–Crippen LogP) is 4.03. The van der Waals surface area contributed by atoms with Crippen LogP contribution in [0, 0.1) is 6.92 Å². The Morgan fingerprint density at radius 3 is 2.33 bits per heavy atom. The van der Waals surface area contributed by atoms with Crippen molar-refractivity contribution in [3.63, 3.8) is 0 Å². The lowest BCUT2D eigenvalue weighted by atomic mass is 10.1. The topological polar surface area (TPSA) is 78.8 Å². The van der Waals surface area contributed by atoms with Crippen LogP contribution in [0.3, 0.4) is 0 Å². The minimum Gasteiger partial charge on any atom is -0.267 e. The third-order valence-corrected chi connectivity index (χ3v) is 7.35. The number of nitrogens with one attached hydrogen (secondary N) is 1. The van der Waals surface area contributed by atoms with E-state index < -0.39 is 10.0 Å². The lowest BCUT2D eigenvalue weighted by molar-refractivity contribution is 0.0955. The third-order valence-electron chi connectivity index (χ3n) is 4.55. The molecule has 0 fully saturated rings. The number of sulfonamides is 1. The zero-order valence-corrected chi connectivity index (χ0v) is 18.6. The first-order valence-corrected chi connectivity index (χ1v) is 11.6. The molecule has 3 rings (SSSR count). The van der Waals surface area contributed by atoms with Gasteiger partial charge in [-0.3, -0.25) is 4.79 Å². The van der Waals surface area contributed by atoms with E-state index in [1.807, 2.05) is 31.4 Å². The van der Waals surface area contributed by atoms with E-state index in [2.05, 4.69) is 10.5 Å². The molecule has 0 atom stereocenters. The Morgan fingerprint density at radius 2 is 1.73 bits per heavy atom. The van der Waals surface area contributed by atoms with Crippen LogP contribution in [0.25, 0.3) is 0 Å². The largest absolute Gasteiger partial charge is 0.271 e. The number of aryl methyl sites for hydroxylation is 1. The van der Waals surface area contributed by atoms with Crippen molar-refractivity contribution >= 4 is 33.0 Å². The Labute approximate surface area is 180 Å². The average Bonchev–Trinajstić information content (AvgIpc) is 3.27. The fraction of sp³-hybridized carbons (Fsp3) is 0.182. The molecule has 3 aromatic rings. The first-order valence-electron chi connectivity index (χ1n) is 9.28. The molecule has 30 heavy (non-hydrogen) atoms. The highest BCUT2D eigenvalue weighted by atomic mass is 32.2. The maximum atomic E-state index is 12.7. The molecule has 0 aliphatic carbocycles. The third kappa shape index (κ3) is 5.21. The standard InChI is InChI=1S/C22H23N3O3S2/c1-16-6-12-20(13-7-16)30(27,28)25(3)15-18-8-10-19(11-9-18)22(26)24-23-17(2)21-5-4-14-29-21/h4-14H,15H2,1-3H3,(H,24,26). The Kier molecular flexibility index (Phi) is 6.81. The van der Waals surface area contributed by atoms with E-state index in [1.54, 1.807) is 59.9 Å². The van der Waals surface area contributed by atoms with Crippen LogP contribution in [-0.2, 0) is 16.6 Å². The molecule has 1 heterocycles. The molecule has 156 valence electrons. The van der Waals surface area contributed by atoms with Gasteiger partial charge in [0.1, 0.15) is 0 Å². The Morgan fingerprint density at radius 1 is 1.07 bits per heavy atom. The van der Waals surface area contributed by atoms with Gasteiger partial charge in [-0.2, -0.15) is 9.41 Å². The number of hydrogen-bond acceptors (Lipinski definition) is 5. The van der Waals surface area contributed by atoms with Gasteiger partial charge in [-0.1, -0.05) is 35.9 Å². The monoisotopic (exact) mass is 441 g/mol. The van der Waals surface area contributed by atoms with Crippen molar-refractivity contribution in [1.82, 2.24) is 9.73 Å². The number of hydrogen-bond donors (Lipinski definition) is 1. The molecule has 0 bridgehead atoms. The zero-order chi connectivity index (χ0) is 21.7. The van der Waals surface area contributed by atoms with Crippen LogP contribution >= 0.6 is 11.3 Å². The van der Waals surface area contributed by atoms with E-state index >= 15 is 0 Å². The molecule has 0 unspecified atom stereocenters. The van der Waals surface area contributed by atoms with Crippen molar-refractivity contribution in [1.29, 1.82) is 0 Å². The van der Waals surface area contributed by atoms with Gasteiger partial charge in [-0.05, 0) is 55.1 Å². The average molecular weight is 442 g/mol. The summed E-state index contributed by atoms with van der Waals surface area (Å²) in [6, 6.07) is 17.4. The first-order chi connectivity index (χ1) is 14.3. The van der Waals surface area contributed by atoms with Gasteiger partial charge in [-0.25, -0.2) is 13.8 Å². The summed E-state index contributed by atoms with van der Waals surface area (Å²) in [5.74, 6) is -0.321. The van der Waals surface area contributed by atoms with Gasteiger partial charge >= 0.3 is 0 Å². The lowest BCUT2D eigenvalue weighted by Gasteiger charge is -2.17. The number of carbonyl (C=O) groups is 1. The molecule has 0 saturated heterocycles. The molecule has 6 nitrogen and oxygen atoms in total. The molecule has 1 aromatic heterocycles. The molecule has 0 aliphatic heterocycles. The molecule has 2 aromatic carbocycles. The van der Waals surface area contributed by atoms with Crippen LogP contribution < -0.4 is 5.43 Å². The van der Waals surface area contributed by atoms with E-state index in [1.165, 1.54) is 11.4 Å². The van der Waals surface area contributed by atoms with E-state index in [9.17, 15) is 13.2 Å². The van der Waals surface area contributed by atoms with E-state index in [0.29, 0.717) is 5.56 Å². The second kappa shape index (κ2) is 9.34. The molecule has 0 spiro atoms. The van der Waals surface area contributed by atoms with Crippen molar-refractivity contribution in [2.75, 3.05) is 7.05 Å². The van der Waals surface area contributed by atoms with Crippen LogP contribution in [0.5, 0.6) is 0 Å². The van der Waals surface area contributed by atoms with E-state index in [0.717, 1.165) is 21.7 Å². The number of nitrogens with zero attached hydrogens (tertiary/aromatic N) is 2. The van der Waals surface area contributed by atoms with E-state index in [4.69, 9.17) is 0 Å². The first kappa shape index (κ1) is 21.9. The maximum Gasteiger partial charge on any atom is 0.271 e. The summed E-state index contributed by atoms with van der Waals surface area (Å²) in [7, 11) is -2.04. The van der Waals surface area contributed by atoms with Gasteiger partial charge in [0, 0.05) is 24.0 Å². The van der Waals surface area contributed by atoms with Crippen LogP contribution in [0.15, 0.2) is 76.0 Å². The summed E-state index contributed by atoms with van der Waals surface area (Å²) in [6.45, 7) is 3.94. The smallest absolute Gasteiger partial charge is 0.267 e. The van der Waals surface area contributed by atoms with Crippen LogP contribution in [-0.4, -0.2) is 31.4 Å². The van der Waals surface area contributed by atoms with Gasteiger partial charge in [0.05, 0.1) is 10.6 Å². The number of rotatable bonds is 7. The fourth-order valence-corrected chi connectivity index (χ4v) is 4.57. The minimum atomic E-state index is -3.58. The van der Waals surface area contributed by atoms with Gasteiger partial charge in [0.25, 0.3) is 5.91 Å². The Bertz CT molecular complexity index is 1140. The highest BCUT2D eigenvalue weighted by molar-refractivity contribution is 7.89. The summed E-state index contributed by atoms with van der Waals surface area (Å²) in [5, 5.41) is 6.08. The molecule has 1 N–H and O–H groups in total. The summed E-state index contributed by atoms with van der Waals surface area (Å²) in [6.07, 6.45) is 0. The van der Waals surface area contributed by atoms with Crippen LogP contribution in [0.1, 0.15) is 33.3 Å². The maximum absolute atomic E-state index is 12.7. The number of hydrazone groups is 1. The van der Waals surface area contributed by atoms with Crippen molar-refractivity contribution in [3.05, 3.63) is 87.6 Å². The quantitative estimate of drug-likeness (QED) is 0.444. The molecular weight excluding hydrogens is 418 g/mol. The van der Waals surface area contributed by atoms with Crippen molar-refractivity contribution in [2.24, 2.45) is 5.10 Å². The second-order valence-electron chi connectivity index (χ2n) is 6.89. The van der Waals surface area contributed by atoms with Gasteiger partial charge in [0.2, 0.25) is 10.0 Å². The summed E-state index contributed by atoms with van der Waals surface area (Å²) >= 11 is 1.55. The highest BCUT2D eigenvalue weighted by Gasteiger charge is 2.20.